The number of rotatable bonds is 5. The van der Waals surface area contributed by atoms with Crippen LogP contribution in [0.1, 0.15) is 24.0 Å². The lowest BCUT2D eigenvalue weighted by Gasteiger charge is -2.18. The zero-order chi connectivity index (χ0) is 16.9. The van der Waals surface area contributed by atoms with E-state index in [4.69, 9.17) is 4.74 Å². The van der Waals surface area contributed by atoms with E-state index < -0.39 is 0 Å². The molecule has 126 valence electrons. The second kappa shape index (κ2) is 7.39. The number of nitrogens with one attached hydrogen (secondary N) is 1. The molecule has 0 radical (unpaired) electrons. The Labute approximate surface area is 143 Å². The lowest BCUT2D eigenvalue weighted by atomic mass is 10.1. The van der Waals surface area contributed by atoms with Gasteiger partial charge in [0.25, 0.3) is 5.91 Å². The van der Waals surface area contributed by atoms with E-state index in [0.717, 1.165) is 35.7 Å². The van der Waals surface area contributed by atoms with Gasteiger partial charge in [-0.15, -0.1) is 0 Å². The maximum Gasteiger partial charge on any atom is 0.262 e. The molecule has 3 rings (SSSR count). The summed E-state index contributed by atoms with van der Waals surface area (Å²) in [6.07, 6.45) is 2.47. The van der Waals surface area contributed by atoms with Gasteiger partial charge in [-0.1, -0.05) is 12.1 Å². The summed E-state index contributed by atoms with van der Waals surface area (Å²) in [6, 6.07) is 14.0. The van der Waals surface area contributed by atoms with E-state index in [0.29, 0.717) is 0 Å². The maximum atomic E-state index is 12.1. The van der Waals surface area contributed by atoms with E-state index in [9.17, 15) is 4.79 Å². The summed E-state index contributed by atoms with van der Waals surface area (Å²) < 4.78 is 5.61. The quantitative estimate of drug-likeness (QED) is 0.906. The zero-order valence-corrected chi connectivity index (χ0v) is 14.3. The molecule has 24 heavy (non-hydrogen) atoms. The van der Waals surface area contributed by atoms with Crippen molar-refractivity contribution in [2.24, 2.45) is 0 Å². The number of carbonyl (C=O) groups is 1. The highest BCUT2D eigenvalue weighted by Crippen LogP contribution is 2.23. The van der Waals surface area contributed by atoms with Crippen molar-refractivity contribution in [2.75, 3.05) is 29.9 Å². The molecule has 0 atom stereocenters. The highest BCUT2D eigenvalue weighted by molar-refractivity contribution is 5.92. The Kier molecular flexibility index (Phi) is 5.04. The third-order valence-corrected chi connectivity index (χ3v) is 4.17. The van der Waals surface area contributed by atoms with E-state index in [-0.39, 0.29) is 12.5 Å². The van der Waals surface area contributed by atoms with Gasteiger partial charge in [-0.05, 0) is 68.1 Å². The number of benzene rings is 2. The predicted molar refractivity (Wildman–Crippen MR) is 97.9 cm³/mol. The van der Waals surface area contributed by atoms with Crippen LogP contribution in [0.4, 0.5) is 11.4 Å². The summed E-state index contributed by atoms with van der Waals surface area (Å²) in [7, 11) is 0. The zero-order valence-electron chi connectivity index (χ0n) is 14.3. The smallest absolute Gasteiger partial charge is 0.262 e. The van der Waals surface area contributed by atoms with Crippen LogP contribution in [0.5, 0.6) is 5.75 Å². The van der Waals surface area contributed by atoms with Crippen LogP contribution in [0.15, 0.2) is 42.5 Å². The molecule has 1 heterocycles. The van der Waals surface area contributed by atoms with Gasteiger partial charge in [0.05, 0.1) is 0 Å². The normalized spacial score (nSPS) is 13.8. The Morgan fingerprint density at radius 2 is 1.79 bits per heavy atom. The van der Waals surface area contributed by atoms with Crippen molar-refractivity contribution in [1.29, 1.82) is 0 Å². The lowest BCUT2D eigenvalue weighted by Crippen LogP contribution is -2.21. The van der Waals surface area contributed by atoms with Crippen LogP contribution >= 0.6 is 0 Å². The Balaban J connectivity index is 1.57. The lowest BCUT2D eigenvalue weighted by molar-refractivity contribution is -0.118. The minimum absolute atomic E-state index is 0.0107. The van der Waals surface area contributed by atoms with Gasteiger partial charge < -0.3 is 15.0 Å². The average molecular weight is 324 g/mol. The summed E-state index contributed by atoms with van der Waals surface area (Å²) in [5.74, 6) is 0.584. The van der Waals surface area contributed by atoms with Crippen LogP contribution in [-0.4, -0.2) is 25.6 Å². The molecule has 4 nitrogen and oxygen atoms in total. The van der Waals surface area contributed by atoms with Crippen LogP contribution < -0.4 is 15.0 Å². The number of aryl methyl sites for hydroxylation is 2. The fourth-order valence-corrected chi connectivity index (χ4v) is 3.12. The Morgan fingerprint density at radius 3 is 2.50 bits per heavy atom. The minimum atomic E-state index is -0.146. The Hall–Kier alpha value is -2.49. The van der Waals surface area contributed by atoms with Crippen molar-refractivity contribution >= 4 is 17.3 Å². The molecule has 0 unspecified atom stereocenters. The van der Waals surface area contributed by atoms with Crippen molar-refractivity contribution in [3.8, 4) is 5.75 Å². The highest BCUT2D eigenvalue weighted by Gasteiger charge is 2.13. The highest BCUT2D eigenvalue weighted by atomic mass is 16.5. The third-order valence-electron chi connectivity index (χ3n) is 4.17. The van der Waals surface area contributed by atoms with Crippen molar-refractivity contribution in [3.05, 3.63) is 53.6 Å². The molecule has 4 heteroatoms. The number of nitrogens with zero attached hydrogens (tertiary/aromatic N) is 1. The van der Waals surface area contributed by atoms with Crippen molar-refractivity contribution in [2.45, 2.75) is 26.7 Å². The molecule has 1 N–H and O–H groups in total. The minimum Gasteiger partial charge on any atom is -0.484 e. The van der Waals surface area contributed by atoms with Gasteiger partial charge in [-0.25, -0.2) is 0 Å². The van der Waals surface area contributed by atoms with E-state index >= 15 is 0 Å². The van der Waals surface area contributed by atoms with E-state index in [1.807, 2.05) is 44.2 Å². The van der Waals surface area contributed by atoms with Gasteiger partial charge >= 0.3 is 0 Å². The van der Waals surface area contributed by atoms with Gasteiger partial charge in [0.2, 0.25) is 0 Å². The summed E-state index contributed by atoms with van der Waals surface area (Å²) in [5.41, 5.74) is 4.24. The SMILES string of the molecule is Cc1cc(C)cc(OCC(=O)Nc2cccc(N3CCCC3)c2)c1. The predicted octanol–water partition coefficient (Wildman–Crippen LogP) is 3.92. The number of carbonyl (C=O) groups excluding carboxylic acids is 1. The van der Waals surface area contributed by atoms with E-state index in [1.54, 1.807) is 0 Å². The Bertz CT molecular complexity index is 701. The molecule has 0 aromatic heterocycles. The first-order valence-electron chi connectivity index (χ1n) is 8.46. The fourth-order valence-electron chi connectivity index (χ4n) is 3.12. The molecule has 1 aliphatic heterocycles. The van der Waals surface area contributed by atoms with Gasteiger partial charge in [-0.3, -0.25) is 4.79 Å². The van der Waals surface area contributed by atoms with Crippen LogP contribution in [0.25, 0.3) is 0 Å². The van der Waals surface area contributed by atoms with Crippen molar-refractivity contribution < 1.29 is 9.53 Å². The standard InChI is InChI=1S/C20H24N2O2/c1-15-10-16(2)12-19(11-15)24-14-20(23)21-17-6-5-7-18(13-17)22-8-3-4-9-22/h5-7,10-13H,3-4,8-9,14H2,1-2H3,(H,21,23). The third kappa shape index (κ3) is 4.28. The fraction of sp³-hybridized carbons (Fsp3) is 0.350. The number of anilines is 2. The molecular formula is C20H24N2O2. The van der Waals surface area contributed by atoms with Gasteiger partial charge in [-0.2, -0.15) is 0 Å². The molecule has 2 aromatic rings. The van der Waals surface area contributed by atoms with Gasteiger partial charge in [0.15, 0.2) is 6.61 Å². The average Bonchev–Trinajstić information content (AvgIpc) is 3.07. The summed E-state index contributed by atoms with van der Waals surface area (Å²) in [5, 5.41) is 2.91. The molecule has 1 amide bonds. The summed E-state index contributed by atoms with van der Waals surface area (Å²) >= 11 is 0. The molecule has 1 saturated heterocycles. The molecule has 0 saturated carbocycles. The first kappa shape index (κ1) is 16.4. The van der Waals surface area contributed by atoms with Crippen molar-refractivity contribution in [1.82, 2.24) is 0 Å². The van der Waals surface area contributed by atoms with E-state index in [1.165, 1.54) is 18.5 Å². The summed E-state index contributed by atoms with van der Waals surface area (Å²) in [6.45, 7) is 6.23. The first-order valence-corrected chi connectivity index (χ1v) is 8.46. The maximum absolute atomic E-state index is 12.1. The second-order valence-corrected chi connectivity index (χ2v) is 6.40. The molecule has 2 aromatic carbocycles. The Morgan fingerprint density at radius 1 is 1.08 bits per heavy atom. The van der Waals surface area contributed by atoms with Crippen LogP contribution in [-0.2, 0) is 4.79 Å². The summed E-state index contributed by atoms with van der Waals surface area (Å²) in [4.78, 5) is 14.5. The molecule has 0 spiro atoms. The van der Waals surface area contributed by atoms with Crippen LogP contribution in [0.3, 0.4) is 0 Å². The van der Waals surface area contributed by atoms with Crippen LogP contribution in [0, 0.1) is 13.8 Å². The largest absolute Gasteiger partial charge is 0.484 e. The van der Waals surface area contributed by atoms with Gasteiger partial charge in [0.1, 0.15) is 5.75 Å². The monoisotopic (exact) mass is 324 g/mol. The van der Waals surface area contributed by atoms with Gasteiger partial charge in [0, 0.05) is 24.5 Å². The number of hydrogen-bond acceptors (Lipinski definition) is 3. The molecule has 1 aliphatic rings. The number of amides is 1. The second-order valence-electron chi connectivity index (χ2n) is 6.40. The van der Waals surface area contributed by atoms with Crippen LogP contribution in [0.2, 0.25) is 0 Å². The molecule has 0 bridgehead atoms. The molecule has 0 aliphatic carbocycles. The molecule has 1 fully saturated rings. The van der Waals surface area contributed by atoms with Crippen molar-refractivity contribution in [3.63, 3.8) is 0 Å². The number of ether oxygens (including phenoxy) is 1. The molecular weight excluding hydrogens is 300 g/mol. The van der Waals surface area contributed by atoms with E-state index in [2.05, 4.69) is 22.3 Å². The number of hydrogen-bond donors (Lipinski definition) is 1. The first-order chi connectivity index (χ1) is 11.6. The topological polar surface area (TPSA) is 41.6 Å².